The van der Waals surface area contributed by atoms with Gasteiger partial charge in [-0.2, -0.15) is 0 Å². The number of aryl methyl sites for hydroxylation is 1. The second kappa shape index (κ2) is 12.8. The van der Waals surface area contributed by atoms with Gasteiger partial charge in [-0.15, -0.1) is 0 Å². The summed E-state index contributed by atoms with van der Waals surface area (Å²) in [6.07, 6.45) is 7.29. The summed E-state index contributed by atoms with van der Waals surface area (Å²) in [5, 5.41) is 7.26. The molecule has 2 heterocycles. The van der Waals surface area contributed by atoms with Crippen LogP contribution in [0.3, 0.4) is 0 Å². The Morgan fingerprint density at radius 2 is 1.69 bits per heavy atom. The zero-order valence-electron chi connectivity index (χ0n) is 22.4. The van der Waals surface area contributed by atoms with Crippen LogP contribution < -0.4 is 10.6 Å². The van der Waals surface area contributed by atoms with E-state index < -0.39 is 5.92 Å². The van der Waals surface area contributed by atoms with Gasteiger partial charge in [0.15, 0.2) is 0 Å². The Morgan fingerprint density at radius 1 is 0.923 bits per heavy atom. The Hall–Kier alpha value is -2.47. The average molecular weight is 596 g/mol. The second-order valence-electron chi connectivity index (χ2n) is 11.0. The molecule has 3 aliphatic rings. The molecule has 1 fully saturated rings. The van der Waals surface area contributed by atoms with E-state index in [2.05, 4.69) is 53.1 Å². The van der Waals surface area contributed by atoms with E-state index >= 15 is 0 Å². The summed E-state index contributed by atoms with van der Waals surface area (Å²) >= 11 is 0. The zero-order chi connectivity index (χ0) is 25.9. The Labute approximate surface area is 257 Å². The number of ketones is 1. The second-order valence-corrected chi connectivity index (χ2v) is 11.0. The molecular formula is C33H36N3O2Y-. The van der Waals surface area contributed by atoms with Crippen molar-refractivity contribution in [3.63, 3.8) is 0 Å². The Balaban J connectivity index is 0.00000308. The van der Waals surface area contributed by atoms with Gasteiger partial charge < -0.3 is 20.3 Å². The van der Waals surface area contributed by atoms with E-state index in [4.69, 9.17) is 0 Å². The number of nitrogens with zero attached hydrogens (tertiary/aromatic N) is 1. The first-order valence-corrected chi connectivity index (χ1v) is 14.1. The molecule has 0 bridgehead atoms. The van der Waals surface area contributed by atoms with Crippen LogP contribution in [0.4, 0.5) is 5.69 Å². The molecule has 0 spiro atoms. The molecule has 0 aromatic heterocycles. The summed E-state index contributed by atoms with van der Waals surface area (Å²) in [4.78, 5) is 28.7. The number of carbonyl (C=O) groups is 2. The molecule has 1 saturated heterocycles. The molecule has 2 aliphatic heterocycles. The monoisotopic (exact) mass is 595 g/mol. The first-order chi connectivity index (χ1) is 18.6. The van der Waals surface area contributed by atoms with Crippen LogP contribution in [0.2, 0.25) is 0 Å². The predicted molar refractivity (Wildman–Crippen MR) is 151 cm³/mol. The van der Waals surface area contributed by atoms with Gasteiger partial charge in [0.2, 0.25) is 0 Å². The van der Waals surface area contributed by atoms with E-state index in [1.165, 1.54) is 16.7 Å². The van der Waals surface area contributed by atoms with Gasteiger partial charge in [-0.25, -0.2) is 0 Å². The predicted octanol–water partition coefficient (Wildman–Crippen LogP) is 5.36. The van der Waals surface area contributed by atoms with E-state index in [9.17, 15) is 9.59 Å². The van der Waals surface area contributed by atoms with E-state index in [-0.39, 0.29) is 44.4 Å². The quantitative estimate of drug-likeness (QED) is 0.377. The zero-order valence-corrected chi connectivity index (χ0v) is 25.3. The first kappa shape index (κ1) is 28.1. The topological polar surface area (TPSA) is 61.4 Å². The summed E-state index contributed by atoms with van der Waals surface area (Å²) in [6.45, 7) is 2.15. The van der Waals surface area contributed by atoms with Crippen molar-refractivity contribution in [1.29, 1.82) is 0 Å². The van der Waals surface area contributed by atoms with E-state index in [0.717, 1.165) is 56.4 Å². The molecule has 199 valence electrons. The molecule has 1 radical (unpaired) electrons. The number of likely N-dealkylation sites (tertiary alicyclic amines) is 1. The fourth-order valence-electron chi connectivity index (χ4n) is 6.30. The third-order valence-corrected chi connectivity index (χ3v) is 8.43. The van der Waals surface area contributed by atoms with Crippen molar-refractivity contribution >= 4 is 17.4 Å². The van der Waals surface area contributed by atoms with E-state index in [0.29, 0.717) is 30.6 Å². The summed E-state index contributed by atoms with van der Waals surface area (Å²) < 4.78 is 0. The number of carbonyl (C=O) groups excluding carboxylic acids is 2. The maximum Gasteiger partial charge on any atom is 0.141 e. The van der Waals surface area contributed by atoms with Crippen molar-refractivity contribution in [3.05, 3.63) is 107 Å². The summed E-state index contributed by atoms with van der Waals surface area (Å²) in [5.41, 5.74) is 6.79. The minimum absolute atomic E-state index is 0. The molecule has 6 rings (SSSR count). The molecule has 5 nitrogen and oxygen atoms in total. The van der Waals surface area contributed by atoms with Gasteiger partial charge in [-0.1, -0.05) is 73.0 Å². The van der Waals surface area contributed by atoms with Gasteiger partial charge in [0.1, 0.15) is 5.78 Å². The minimum Gasteiger partial charge on any atom is -0.385 e. The van der Waals surface area contributed by atoms with Crippen LogP contribution in [-0.2, 0) is 50.3 Å². The Kier molecular flexibility index (Phi) is 9.22. The first-order valence-electron chi connectivity index (χ1n) is 14.1. The molecule has 39 heavy (non-hydrogen) atoms. The average Bonchev–Trinajstić information content (AvgIpc) is 3.29. The maximum atomic E-state index is 13.6. The standard InChI is InChI=1S/C33H36N3O2.Y/c37-32(36-18-15-27(16-19-36)35-31-13-11-25-8-4-5-9-28(25)31)22-26-14-17-34-30-12-10-24(21-29(30)33(26)38)20-23-6-2-1-3-7-23;/h1-10,12,21-22,26-27,31,34-35H,11,13-20H2;/q-1;/t26?,31-;/m1./s1. The van der Waals surface area contributed by atoms with Gasteiger partial charge in [0.25, 0.3) is 0 Å². The maximum absolute atomic E-state index is 13.6. The van der Waals surface area contributed by atoms with Crippen molar-refractivity contribution in [2.75, 3.05) is 25.0 Å². The van der Waals surface area contributed by atoms with Crippen LogP contribution in [0, 0.1) is 12.3 Å². The van der Waals surface area contributed by atoms with Crippen molar-refractivity contribution in [2.24, 2.45) is 5.92 Å². The molecule has 1 aliphatic carbocycles. The number of amides is 1. The summed E-state index contributed by atoms with van der Waals surface area (Å²) in [7, 11) is 0. The molecule has 3 aromatic carbocycles. The van der Waals surface area contributed by atoms with Crippen LogP contribution in [-0.4, -0.2) is 42.3 Å². The molecule has 0 saturated carbocycles. The van der Waals surface area contributed by atoms with Gasteiger partial charge in [-0.05, 0) is 66.5 Å². The molecule has 3 aromatic rings. The normalized spacial score (nSPS) is 20.7. The fraction of sp³-hybridized carbons (Fsp3) is 0.364. The van der Waals surface area contributed by atoms with Gasteiger partial charge in [-0.3, -0.25) is 11.2 Å². The summed E-state index contributed by atoms with van der Waals surface area (Å²) in [5.74, 6) is -0.351. The smallest absolute Gasteiger partial charge is 0.141 e. The van der Waals surface area contributed by atoms with Crippen molar-refractivity contribution in [3.8, 4) is 0 Å². The molecule has 2 atom stereocenters. The van der Waals surface area contributed by atoms with Crippen LogP contribution in [0.1, 0.15) is 64.3 Å². The van der Waals surface area contributed by atoms with E-state index in [1.54, 1.807) is 6.42 Å². The van der Waals surface area contributed by atoms with Crippen molar-refractivity contribution in [2.45, 2.75) is 50.6 Å². The molecular weight excluding hydrogens is 559 g/mol. The number of nitrogens with one attached hydrogen (secondary N) is 2. The number of fused-ring (bicyclic) bond motifs is 2. The number of hydrogen-bond acceptors (Lipinski definition) is 4. The minimum atomic E-state index is -0.394. The van der Waals surface area contributed by atoms with Crippen molar-refractivity contribution in [1.82, 2.24) is 10.2 Å². The van der Waals surface area contributed by atoms with Crippen LogP contribution >= 0.6 is 0 Å². The van der Waals surface area contributed by atoms with Gasteiger partial charge >= 0.3 is 0 Å². The van der Waals surface area contributed by atoms with E-state index in [1.807, 2.05) is 35.2 Å². The number of anilines is 1. The largest absolute Gasteiger partial charge is 0.385 e. The number of rotatable bonds is 6. The molecule has 1 unspecified atom stereocenters. The van der Waals surface area contributed by atoms with Gasteiger partial charge in [0, 0.05) is 75.7 Å². The number of hydrogen-bond donors (Lipinski definition) is 2. The van der Waals surface area contributed by atoms with Crippen molar-refractivity contribution < 1.29 is 42.3 Å². The Morgan fingerprint density at radius 3 is 2.51 bits per heavy atom. The number of Topliss-reactive ketones (excluding diaryl/α,β-unsaturated/α-hetero) is 1. The molecule has 6 heteroatoms. The fourth-order valence-corrected chi connectivity index (χ4v) is 6.30. The van der Waals surface area contributed by atoms with Crippen LogP contribution in [0.15, 0.2) is 72.8 Å². The summed E-state index contributed by atoms with van der Waals surface area (Å²) in [6, 6.07) is 26.0. The third kappa shape index (κ3) is 6.48. The number of benzene rings is 3. The third-order valence-electron chi connectivity index (χ3n) is 8.43. The molecule has 2 N–H and O–H groups in total. The Bertz CT molecular complexity index is 1300. The van der Waals surface area contributed by atoms with Crippen LogP contribution in [0.25, 0.3) is 0 Å². The molecule has 1 amide bonds. The van der Waals surface area contributed by atoms with Crippen LogP contribution in [0.5, 0.6) is 0 Å². The van der Waals surface area contributed by atoms with Gasteiger partial charge in [0.05, 0.1) is 5.91 Å². The number of piperidine rings is 1. The SMILES string of the molecule is O=C1c2cc(Cc3ccccc3)ccc2NCCC1[CH-]C(=O)N1CCC(N[C@@H]2CCc3ccccc32)CC1.[Y].